The molecular weight excluding hydrogens is 303 g/mol. The summed E-state index contributed by atoms with van der Waals surface area (Å²) in [5.41, 5.74) is 5.84. The second-order valence-electron chi connectivity index (χ2n) is 1.89. The zero-order valence-corrected chi connectivity index (χ0v) is 8.84. The zero-order valence-electron chi connectivity index (χ0n) is 5.17. The van der Waals surface area contributed by atoms with Crippen molar-refractivity contribution in [2.45, 2.75) is 0 Å². The van der Waals surface area contributed by atoms with Crippen molar-refractivity contribution in [3.05, 3.63) is 25.5 Å². The normalized spacial score (nSPS) is 10.2. The van der Waals surface area contributed by atoms with Crippen LogP contribution in [-0.4, -0.2) is 0 Å². The number of nitrogens with two attached hydrogens (primary N) is 1. The number of anilines is 1. The Morgan fingerprint density at radius 2 is 2.00 bits per heavy atom. The van der Waals surface area contributed by atoms with Crippen LogP contribution in [0.15, 0.2) is 6.07 Å². The van der Waals surface area contributed by atoms with Gasteiger partial charge in [-0.1, -0.05) is 23.2 Å². The predicted octanol–water partition coefficient (Wildman–Crippen LogP) is 3.32. The Labute approximate surface area is 86.8 Å². The molecule has 0 unspecified atom stereocenters. The average molecular weight is 306 g/mol. The van der Waals surface area contributed by atoms with E-state index in [2.05, 4.69) is 0 Å². The van der Waals surface area contributed by atoms with Crippen LogP contribution in [0.5, 0.6) is 0 Å². The molecule has 0 radical (unpaired) electrons. The molecule has 0 aliphatic heterocycles. The van der Waals surface area contributed by atoms with Gasteiger partial charge in [0.2, 0.25) is 0 Å². The smallest absolute Gasteiger partial charge is 0.161 e. The van der Waals surface area contributed by atoms with Crippen LogP contribution in [-0.2, 0) is 0 Å². The maximum atomic E-state index is 12.8. The minimum absolute atomic E-state index is 0.0180. The van der Waals surface area contributed by atoms with Gasteiger partial charge in [-0.2, -0.15) is 0 Å². The van der Waals surface area contributed by atoms with Gasteiger partial charge in [0, 0.05) is 5.69 Å². The molecular formula is C6H3Cl2FIN. The van der Waals surface area contributed by atoms with E-state index < -0.39 is 5.82 Å². The zero-order chi connectivity index (χ0) is 8.59. The average Bonchev–Trinajstić information content (AvgIpc) is 1.97. The van der Waals surface area contributed by atoms with Crippen LogP contribution < -0.4 is 5.73 Å². The first-order chi connectivity index (χ1) is 5.04. The van der Waals surface area contributed by atoms with Gasteiger partial charge >= 0.3 is 0 Å². The molecule has 1 nitrogen and oxygen atoms in total. The lowest BCUT2D eigenvalue weighted by Crippen LogP contribution is -1.93. The predicted molar refractivity (Wildman–Crippen MR) is 53.5 cm³/mol. The van der Waals surface area contributed by atoms with Crippen molar-refractivity contribution < 1.29 is 4.39 Å². The summed E-state index contributed by atoms with van der Waals surface area (Å²) in [5.74, 6) is -0.619. The van der Waals surface area contributed by atoms with Gasteiger partial charge in [-0.3, -0.25) is 0 Å². The van der Waals surface area contributed by atoms with E-state index in [0.29, 0.717) is 9.26 Å². The number of hydrogen-bond donors (Lipinski definition) is 1. The van der Waals surface area contributed by atoms with Gasteiger partial charge in [-0.25, -0.2) is 4.39 Å². The van der Waals surface area contributed by atoms with Crippen LogP contribution in [0, 0.1) is 9.39 Å². The van der Waals surface area contributed by atoms with Crippen molar-refractivity contribution in [1.82, 2.24) is 0 Å². The van der Waals surface area contributed by atoms with Gasteiger partial charge in [0.25, 0.3) is 0 Å². The van der Waals surface area contributed by atoms with Crippen LogP contribution in [0.2, 0.25) is 10.0 Å². The van der Waals surface area contributed by atoms with E-state index in [-0.39, 0.29) is 10.0 Å². The molecule has 0 saturated heterocycles. The summed E-state index contributed by atoms with van der Waals surface area (Å²) in [7, 11) is 0. The Hall–Kier alpha value is 0.260. The fourth-order valence-corrected chi connectivity index (χ4v) is 1.45. The van der Waals surface area contributed by atoms with E-state index in [1.807, 2.05) is 22.6 Å². The molecule has 0 spiro atoms. The molecule has 2 N–H and O–H groups in total. The fourth-order valence-electron chi connectivity index (χ4n) is 0.591. The maximum Gasteiger partial charge on any atom is 0.161 e. The van der Waals surface area contributed by atoms with Gasteiger partial charge in [0.05, 0.1) is 13.6 Å². The second-order valence-corrected chi connectivity index (χ2v) is 3.75. The van der Waals surface area contributed by atoms with Crippen molar-refractivity contribution >= 4 is 51.5 Å². The Morgan fingerprint density at radius 1 is 1.45 bits per heavy atom. The second kappa shape index (κ2) is 3.33. The minimum atomic E-state index is -0.619. The summed E-state index contributed by atoms with van der Waals surface area (Å²) in [6.45, 7) is 0. The van der Waals surface area contributed by atoms with Crippen LogP contribution >= 0.6 is 45.8 Å². The molecule has 5 heteroatoms. The molecule has 0 atom stereocenters. The molecule has 1 rings (SSSR count). The van der Waals surface area contributed by atoms with E-state index in [4.69, 9.17) is 28.9 Å². The van der Waals surface area contributed by atoms with Gasteiger partial charge in [0.1, 0.15) is 0 Å². The van der Waals surface area contributed by atoms with Crippen LogP contribution in [0.4, 0.5) is 10.1 Å². The third-order valence-corrected chi connectivity index (χ3v) is 3.24. The number of hydrogen-bond acceptors (Lipinski definition) is 1. The lowest BCUT2D eigenvalue weighted by atomic mass is 10.3. The lowest BCUT2D eigenvalue weighted by Gasteiger charge is -2.02. The fraction of sp³-hybridized carbons (Fsp3) is 0. The van der Waals surface area contributed by atoms with Crippen LogP contribution in [0.3, 0.4) is 0 Å². The van der Waals surface area contributed by atoms with Crippen molar-refractivity contribution in [3.8, 4) is 0 Å². The number of halogens is 4. The Bertz CT molecular complexity index is 277. The Kier molecular flexibility index (Phi) is 2.83. The monoisotopic (exact) mass is 305 g/mol. The number of rotatable bonds is 0. The van der Waals surface area contributed by atoms with Crippen LogP contribution in [0.25, 0.3) is 0 Å². The Balaban J connectivity index is 3.46. The van der Waals surface area contributed by atoms with E-state index in [9.17, 15) is 4.39 Å². The molecule has 11 heavy (non-hydrogen) atoms. The third-order valence-electron chi connectivity index (χ3n) is 1.13. The molecule has 0 aromatic heterocycles. The van der Waals surface area contributed by atoms with E-state index in [1.54, 1.807) is 0 Å². The third kappa shape index (κ3) is 1.71. The summed E-state index contributed by atoms with van der Waals surface area (Å²) >= 11 is 12.8. The van der Waals surface area contributed by atoms with E-state index in [0.717, 1.165) is 0 Å². The molecule has 0 amide bonds. The highest BCUT2D eigenvalue weighted by molar-refractivity contribution is 14.1. The topological polar surface area (TPSA) is 26.0 Å². The standard InChI is InChI=1S/C6H3Cl2FIN/c7-2-1-3(11)6(10)4(8)5(2)9/h1H,11H2. The van der Waals surface area contributed by atoms with E-state index >= 15 is 0 Å². The lowest BCUT2D eigenvalue weighted by molar-refractivity contribution is 0.628. The SMILES string of the molecule is Nc1cc(Cl)c(F)c(Cl)c1I. The first-order valence-corrected chi connectivity index (χ1v) is 4.46. The summed E-state index contributed by atoms with van der Waals surface area (Å²) in [4.78, 5) is 0. The van der Waals surface area contributed by atoms with Crippen LogP contribution in [0.1, 0.15) is 0 Å². The molecule has 0 aliphatic rings. The summed E-state index contributed by atoms with van der Waals surface area (Å²) in [5, 5.41) is -0.0662. The maximum absolute atomic E-state index is 12.8. The summed E-state index contributed by atoms with van der Waals surface area (Å²) in [6, 6.07) is 1.34. The van der Waals surface area contributed by atoms with E-state index in [1.165, 1.54) is 6.07 Å². The summed E-state index contributed by atoms with van der Waals surface area (Å²) < 4.78 is 13.3. The molecule has 1 aromatic carbocycles. The first-order valence-electron chi connectivity index (χ1n) is 2.62. The van der Waals surface area contributed by atoms with Gasteiger partial charge in [0.15, 0.2) is 5.82 Å². The number of nitrogen functional groups attached to an aromatic ring is 1. The van der Waals surface area contributed by atoms with Crippen molar-refractivity contribution in [1.29, 1.82) is 0 Å². The summed E-state index contributed by atoms with van der Waals surface area (Å²) in [6.07, 6.45) is 0. The molecule has 0 saturated carbocycles. The molecule has 0 aliphatic carbocycles. The Morgan fingerprint density at radius 3 is 2.55 bits per heavy atom. The molecule has 1 aromatic rings. The molecule has 0 fully saturated rings. The van der Waals surface area contributed by atoms with Gasteiger partial charge in [-0.05, 0) is 28.7 Å². The quantitative estimate of drug-likeness (QED) is 0.338. The minimum Gasteiger partial charge on any atom is -0.398 e. The number of benzene rings is 1. The largest absolute Gasteiger partial charge is 0.398 e. The van der Waals surface area contributed by atoms with Crippen molar-refractivity contribution in [2.24, 2.45) is 0 Å². The van der Waals surface area contributed by atoms with Crippen molar-refractivity contribution in [3.63, 3.8) is 0 Å². The van der Waals surface area contributed by atoms with Gasteiger partial charge in [-0.15, -0.1) is 0 Å². The van der Waals surface area contributed by atoms with Crippen molar-refractivity contribution in [2.75, 3.05) is 5.73 Å². The molecule has 60 valence electrons. The highest BCUT2D eigenvalue weighted by Crippen LogP contribution is 2.31. The molecule has 0 bridgehead atoms. The first kappa shape index (κ1) is 9.35. The molecule has 0 heterocycles. The highest BCUT2D eigenvalue weighted by Gasteiger charge is 2.11. The highest BCUT2D eigenvalue weighted by atomic mass is 127. The van der Waals surface area contributed by atoms with Gasteiger partial charge < -0.3 is 5.73 Å².